The van der Waals surface area contributed by atoms with Crippen molar-refractivity contribution in [2.45, 2.75) is 13.8 Å². The molecule has 0 spiro atoms. The molecule has 0 unspecified atom stereocenters. The topological polar surface area (TPSA) is 97.9 Å². The van der Waals surface area contributed by atoms with Crippen molar-refractivity contribution in [3.63, 3.8) is 0 Å². The van der Waals surface area contributed by atoms with E-state index >= 15 is 0 Å². The Morgan fingerprint density at radius 3 is 2.18 bits per heavy atom. The highest BCUT2D eigenvalue weighted by molar-refractivity contribution is 7.80. The van der Waals surface area contributed by atoms with E-state index in [1.165, 1.54) is 33.5 Å². The summed E-state index contributed by atoms with van der Waals surface area (Å²) < 4.78 is 15.8. The van der Waals surface area contributed by atoms with Crippen LogP contribution in [0.2, 0.25) is 5.02 Å². The van der Waals surface area contributed by atoms with Gasteiger partial charge in [0.2, 0.25) is 5.75 Å². The molecule has 34 heavy (non-hydrogen) atoms. The van der Waals surface area contributed by atoms with Gasteiger partial charge in [-0.3, -0.25) is 14.9 Å². The molecule has 0 bridgehead atoms. The van der Waals surface area contributed by atoms with Crippen molar-refractivity contribution in [3.05, 3.63) is 70.4 Å². The zero-order valence-electron chi connectivity index (χ0n) is 19.4. The summed E-state index contributed by atoms with van der Waals surface area (Å²) in [7, 11) is 4.38. The monoisotopic (exact) mass is 503 g/mol. The average molecular weight is 504 g/mol. The van der Waals surface area contributed by atoms with Gasteiger partial charge in [-0.2, -0.15) is 0 Å². The quantitative estimate of drug-likeness (QED) is 0.354. The van der Waals surface area contributed by atoms with Crippen molar-refractivity contribution < 1.29 is 23.8 Å². The molecule has 8 nitrogen and oxygen atoms in total. The molecule has 0 heterocycles. The molecule has 2 aromatic carbocycles. The van der Waals surface area contributed by atoms with Gasteiger partial charge in [-0.15, -0.1) is 0 Å². The first-order valence-corrected chi connectivity index (χ1v) is 10.9. The highest BCUT2D eigenvalue weighted by Gasteiger charge is 2.18. The smallest absolute Gasteiger partial charge is 0.257 e. The average Bonchev–Trinajstić information content (AvgIpc) is 2.82. The molecule has 0 radical (unpaired) electrons. The Kier molecular flexibility index (Phi) is 9.91. The fourth-order valence-corrected chi connectivity index (χ4v) is 3.27. The van der Waals surface area contributed by atoms with Gasteiger partial charge in [0.15, 0.2) is 16.6 Å². The Hall–Kier alpha value is -3.56. The molecule has 0 aromatic heterocycles. The largest absolute Gasteiger partial charge is 0.493 e. The van der Waals surface area contributed by atoms with E-state index in [4.69, 9.17) is 38.0 Å². The number of rotatable bonds is 8. The molecule has 2 rings (SSSR count). The van der Waals surface area contributed by atoms with Crippen molar-refractivity contribution in [1.82, 2.24) is 10.6 Å². The summed E-state index contributed by atoms with van der Waals surface area (Å²) in [5.74, 6) is 0.161. The summed E-state index contributed by atoms with van der Waals surface area (Å²) in [5.41, 5.74) is 1.63. The van der Waals surface area contributed by atoms with Crippen molar-refractivity contribution in [2.24, 2.45) is 0 Å². The van der Waals surface area contributed by atoms with Crippen LogP contribution in [0.25, 0.3) is 0 Å². The summed E-state index contributed by atoms with van der Waals surface area (Å²) >= 11 is 11.5. The van der Waals surface area contributed by atoms with Gasteiger partial charge in [0.1, 0.15) is 0 Å². The Balaban J connectivity index is 2.15. The van der Waals surface area contributed by atoms with Crippen LogP contribution in [-0.2, 0) is 0 Å². The number of halogens is 1. The van der Waals surface area contributed by atoms with Gasteiger partial charge < -0.3 is 24.8 Å². The minimum atomic E-state index is -0.492. The first-order valence-electron chi connectivity index (χ1n) is 10.1. The van der Waals surface area contributed by atoms with Gasteiger partial charge in [-0.05, 0) is 62.5 Å². The third-order valence-corrected chi connectivity index (χ3v) is 5.01. The molecule has 0 aliphatic carbocycles. The summed E-state index contributed by atoms with van der Waals surface area (Å²) in [6.07, 6.45) is 5.42. The molecule has 0 atom stereocenters. The van der Waals surface area contributed by atoms with Crippen LogP contribution >= 0.6 is 23.8 Å². The molecule has 2 amide bonds. The zero-order chi connectivity index (χ0) is 25.3. The molecule has 3 N–H and O–H groups in total. The predicted octanol–water partition coefficient (Wildman–Crippen LogP) is 4.70. The summed E-state index contributed by atoms with van der Waals surface area (Å²) in [6, 6.07) is 7.76. The number of carbonyl (C=O) groups excluding carboxylic acids is 2. The fraction of sp³-hybridized carbons (Fsp3) is 0.208. The van der Waals surface area contributed by atoms with Gasteiger partial charge >= 0.3 is 0 Å². The number of anilines is 1. The third kappa shape index (κ3) is 6.97. The van der Waals surface area contributed by atoms with Gasteiger partial charge in [0, 0.05) is 16.9 Å². The van der Waals surface area contributed by atoms with E-state index < -0.39 is 5.91 Å². The van der Waals surface area contributed by atoms with Crippen molar-refractivity contribution in [2.75, 3.05) is 26.6 Å². The number of allylic oxidation sites excluding steroid dienone is 4. The molecule has 0 saturated carbocycles. The van der Waals surface area contributed by atoms with E-state index in [2.05, 4.69) is 16.0 Å². The molecule has 0 aliphatic rings. The standard InChI is InChI=1S/C24H26ClN3O5S/c1-6-7-8-14(2)26-23(30)17-13-16(9-10-18(17)25)27-24(34)28-22(29)15-11-19(31-3)21(33-5)20(12-15)32-4/h6-13H,1-5H3,(H,26,30)(H2,27,28,29,34)/b7-6-,14-8+. The maximum atomic E-state index is 12.7. The third-order valence-electron chi connectivity index (χ3n) is 4.47. The lowest BCUT2D eigenvalue weighted by Crippen LogP contribution is -2.34. The zero-order valence-corrected chi connectivity index (χ0v) is 21.0. The molecule has 10 heteroatoms. The number of amides is 2. The van der Waals surface area contributed by atoms with Crippen LogP contribution in [0, 0.1) is 0 Å². The van der Waals surface area contributed by atoms with Crippen LogP contribution in [0.3, 0.4) is 0 Å². The normalized spacial score (nSPS) is 11.1. The van der Waals surface area contributed by atoms with Crippen molar-refractivity contribution >= 4 is 46.4 Å². The van der Waals surface area contributed by atoms with Crippen LogP contribution in [0.5, 0.6) is 17.2 Å². The van der Waals surface area contributed by atoms with E-state index in [1.807, 2.05) is 19.1 Å². The molecule has 180 valence electrons. The van der Waals surface area contributed by atoms with E-state index in [1.54, 1.807) is 31.2 Å². The number of benzene rings is 2. The maximum Gasteiger partial charge on any atom is 0.257 e. The first-order chi connectivity index (χ1) is 16.2. The minimum absolute atomic E-state index is 0.0246. The Bertz CT molecular complexity index is 1120. The van der Waals surface area contributed by atoms with E-state index in [0.29, 0.717) is 28.6 Å². The minimum Gasteiger partial charge on any atom is -0.493 e. The fourth-order valence-electron chi connectivity index (χ4n) is 2.86. The highest BCUT2D eigenvalue weighted by Crippen LogP contribution is 2.38. The number of methoxy groups -OCH3 is 3. The second kappa shape index (κ2) is 12.6. The number of hydrogen-bond donors (Lipinski definition) is 3. The van der Waals surface area contributed by atoms with Gasteiger partial charge in [0.05, 0.1) is 31.9 Å². The summed E-state index contributed by atoms with van der Waals surface area (Å²) in [4.78, 5) is 25.3. The SMILES string of the molecule is C/C=C\C=C(/C)NC(=O)c1cc(NC(=S)NC(=O)c2cc(OC)c(OC)c(OC)c2)ccc1Cl. The Morgan fingerprint density at radius 2 is 1.62 bits per heavy atom. The summed E-state index contributed by atoms with van der Waals surface area (Å²) in [6.45, 7) is 3.64. The van der Waals surface area contributed by atoms with Crippen LogP contribution in [0.4, 0.5) is 5.69 Å². The van der Waals surface area contributed by atoms with E-state index in [9.17, 15) is 9.59 Å². The van der Waals surface area contributed by atoms with Crippen LogP contribution in [-0.4, -0.2) is 38.3 Å². The van der Waals surface area contributed by atoms with Gasteiger partial charge in [0.25, 0.3) is 11.8 Å². The van der Waals surface area contributed by atoms with Gasteiger partial charge in [-0.25, -0.2) is 0 Å². The lowest BCUT2D eigenvalue weighted by atomic mass is 10.1. The van der Waals surface area contributed by atoms with Crippen molar-refractivity contribution in [3.8, 4) is 17.2 Å². The Morgan fingerprint density at radius 1 is 0.971 bits per heavy atom. The molecule has 0 fully saturated rings. The van der Waals surface area contributed by atoms with Gasteiger partial charge in [-0.1, -0.05) is 23.8 Å². The van der Waals surface area contributed by atoms with Crippen LogP contribution in [0.15, 0.2) is 54.3 Å². The number of hydrogen-bond acceptors (Lipinski definition) is 6. The molecular formula is C24H26ClN3O5S. The molecular weight excluding hydrogens is 478 g/mol. The van der Waals surface area contributed by atoms with E-state index in [-0.39, 0.29) is 27.2 Å². The second-order valence-electron chi connectivity index (χ2n) is 6.85. The lowest BCUT2D eigenvalue weighted by molar-refractivity contribution is 0.0961. The Labute approximate surface area is 208 Å². The first kappa shape index (κ1) is 26.7. The van der Waals surface area contributed by atoms with Crippen molar-refractivity contribution in [1.29, 1.82) is 0 Å². The molecule has 2 aromatic rings. The van der Waals surface area contributed by atoms with E-state index in [0.717, 1.165) is 0 Å². The lowest BCUT2D eigenvalue weighted by Gasteiger charge is -2.15. The molecule has 0 saturated heterocycles. The number of nitrogens with one attached hydrogen (secondary N) is 3. The highest BCUT2D eigenvalue weighted by atomic mass is 35.5. The summed E-state index contributed by atoms with van der Waals surface area (Å²) in [5, 5.41) is 8.52. The molecule has 0 aliphatic heterocycles. The van der Waals surface area contributed by atoms with Crippen LogP contribution < -0.4 is 30.2 Å². The van der Waals surface area contributed by atoms with Crippen LogP contribution in [0.1, 0.15) is 34.6 Å². The number of thiocarbonyl (C=S) groups is 1. The second-order valence-corrected chi connectivity index (χ2v) is 7.66. The predicted molar refractivity (Wildman–Crippen MR) is 137 cm³/mol. The maximum absolute atomic E-state index is 12.7. The number of carbonyl (C=O) groups is 2. The number of ether oxygens (including phenoxy) is 3.